The fourth-order valence-corrected chi connectivity index (χ4v) is 1.85. The van der Waals surface area contributed by atoms with Crippen molar-refractivity contribution in [2.75, 3.05) is 38.6 Å². The van der Waals surface area contributed by atoms with E-state index in [1.165, 1.54) is 6.20 Å². The summed E-state index contributed by atoms with van der Waals surface area (Å²) in [5.74, 6) is 0.253. The maximum atomic E-state index is 10.9. The van der Waals surface area contributed by atoms with Gasteiger partial charge in [-0.25, -0.2) is 4.98 Å². The number of hydrogen-bond donors (Lipinski definition) is 2. The molecule has 0 bridgehead atoms. The van der Waals surface area contributed by atoms with Crippen molar-refractivity contribution in [1.82, 2.24) is 9.88 Å². The Hall–Kier alpha value is -1.66. The van der Waals surface area contributed by atoms with Gasteiger partial charge in [-0.2, -0.15) is 0 Å². The van der Waals surface area contributed by atoms with Crippen LogP contribution in [0.3, 0.4) is 0 Å². The molecule has 18 heavy (non-hydrogen) atoms. The third-order valence-electron chi connectivity index (χ3n) is 2.90. The van der Waals surface area contributed by atoms with Crippen molar-refractivity contribution >= 4 is 11.7 Å². The zero-order valence-corrected chi connectivity index (χ0v) is 10.4. The van der Waals surface area contributed by atoms with Crippen LogP contribution >= 0.6 is 0 Å². The van der Waals surface area contributed by atoms with Gasteiger partial charge in [0.25, 0.3) is 0 Å². The second-order valence-corrected chi connectivity index (χ2v) is 4.43. The highest BCUT2D eigenvalue weighted by molar-refractivity contribution is 5.92. The largest absolute Gasteiger partial charge is 0.374 e. The number of ether oxygens (including phenoxy) is 1. The van der Waals surface area contributed by atoms with Crippen LogP contribution in [0.2, 0.25) is 0 Å². The zero-order chi connectivity index (χ0) is 13.0. The number of morpholine rings is 1. The Kier molecular flexibility index (Phi) is 4.11. The van der Waals surface area contributed by atoms with E-state index in [1.54, 1.807) is 12.1 Å². The number of carbonyl (C=O) groups is 1. The lowest BCUT2D eigenvalue weighted by molar-refractivity contribution is -0.0117. The lowest BCUT2D eigenvalue weighted by Crippen LogP contribution is -2.43. The molecule has 1 atom stereocenters. The van der Waals surface area contributed by atoms with Gasteiger partial charge in [0, 0.05) is 25.8 Å². The summed E-state index contributed by atoms with van der Waals surface area (Å²) in [4.78, 5) is 17.2. The Morgan fingerprint density at radius 2 is 2.50 bits per heavy atom. The molecule has 0 unspecified atom stereocenters. The van der Waals surface area contributed by atoms with E-state index in [0.29, 0.717) is 12.1 Å². The summed E-state index contributed by atoms with van der Waals surface area (Å²) in [5, 5.41) is 3.19. The number of primary amides is 1. The molecule has 2 heterocycles. The Balaban J connectivity index is 1.84. The van der Waals surface area contributed by atoms with Crippen LogP contribution in [0.1, 0.15) is 10.4 Å². The molecule has 3 N–H and O–H groups in total. The van der Waals surface area contributed by atoms with Gasteiger partial charge >= 0.3 is 0 Å². The molecule has 0 aliphatic carbocycles. The Morgan fingerprint density at radius 3 is 3.11 bits per heavy atom. The minimum atomic E-state index is -0.466. The summed E-state index contributed by atoms with van der Waals surface area (Å²) in [6, 6.07) is 3.40. The Bertz CT molecular complexity index is 407. The second-order valence-electron chi connectivity index (χ2n) is 4.43. The maximum Gasteiger partial charge on any atom is 0.250 e. The second kappa shape index (κ2) is 5.79. The molecule has 0 radical (unpaired) electrons. The molecular weight excluding hydrogens is 232 g/mol. The highest BCUT2D eigenvalue weighted by atomic mass is 16.5. The topological polar surface area (TPSA) is 80.5 Å². The first-order chi connectivity index (χ1) is 8.65. The van der Waals surface area contributed by atoms with Crippen molar-refractivity contribution in [2.24, 2.45) is 5.73 Å². The number of nitrogens with two attached hydrogens (primary N) is 1. The van der Waals surface area contributed by atoms with Gasteiger partial charge in [-0.3, -0.25) is 4.79 Å². The molecule has 1 aromatic heterocycles. The third-order valence-corrected chi connectivity index (χ3v) is 2.90. The number of carbonyl (C=O) groups excluding carboxylic acids is 1. The van der Waals surface area contributed by atoms with E-state index in [2.05, 4.69) is 22.2 Å². The summed E-state index contributed by atoms with van der Waals surface area (Å²) in [6.45, 7) is 3.35. The number of nitrogens with zero attached hydrogens (tertiary/aromatic N) is 2. The fourth-order valence-electron chi connectivity index (χ4n) is 1.85. The van der Waals surface area contributed by atoms with Gasteiger partial charge < -0.3 is 20.7 Å². The SMILES string of the molecule is CN1CCO[C@H](CNc2ccc(C(N)=O)cn2)C1. The molecule has 1 fully saturated rings. The molecular formula is C12H18N4O2. The Morgan fingerprint density at radius 1 is 1.67 bits per heavy atom. The van der Waals surface area contributed by atoms with Gasteiger partial charge in [-0.15, -0.1) is 0 Å². The molecule has 6 heteroatoms. The fraction of sp³-hybridized carbons (Fsp3) is 0.500. The molecule has 0 saturated carbocycles. The van der Waals surface area contributed by atoms with Crippen LogP contribution in [-0.2, 0) is 4.74 Å². The monoisotopic (exact) mass is 250 g/mol. The molecule has 1 aliphatic rings. The van der Waals surface area contributed by atoms with Gasteiger partial charge in [-0.05, 0) is 19.2 Å². The summed E-state index contributed by atoms with van der Waals surface area (Å²) >= 11 is 0. The molecule has 1 saturated heterocycles. The summed E-state index contributed by atoms with van der Waals surface area (Å²) in [7, 11) is 2.08. The van der Waals surface area contributed by atoms with Crippen LogP contribution in [0.4, 0.5) is 5.82 Å². The van der Waals surface area contributed by atoms with Gasteiger partial charge in [0.2, 0.25) is 5.91 Å². The van der Waals surface area contributed by atoms with Crippen molar-refractivity contribution in [1.29, 1.82) is 0 Å². The number of pyridine rings is 1. The smallest absolute Gasteiger partial charge is 0.250 e. The van der Waals surface area contributed by atoms with E-state index in [-0.39, 0.29) is 6.10 Å². The average Bonchev–Trinajstić information content (AvgIpc) is 2.37. The third kappa shape index (κ3) is 3.41. The van der Waals surface area contributed by atoms with Crippen molar-refractivity contribution in [3.63, 3.8) is 0 Å². The van der Waals surface area contributed by atoms with Crippen LogP contribution in [0.15, 0.2) is 18.3 Å². The minimum absolute atomic E-state index is 0.168. The highest BCUT2D eigenvalue weighted by Gasteiger charge is 2.17. The van der Waals surface area contributed by atoms with Gasteiger partial charge in [0.05, 0.1) is 18.3 Å². The predicted octanol–water partition coefficient (Wildman–Crippen LogP) is -0.0770. The van der Waals surface area contributed by atoms with Crippen molar-refractivity contribution in [2.45, 2.75) is 6.10 Å². The first kappa shape index (κ1) is 12.8. The van der Waals surface area contributed by atoms with Crippen LogP contribution in [0.5, 0.6) is 0 Å². The molecule has 2 rings (SSSR count). The first-order valence-corrected chi connectivity index (χ1v) is 5.95. The molecule has 0 aromatic carbocycles. The zero-order valence-electron chi connectivity index (χ0n) is 10.4. The number of nitrogens with one attached hydrogen (secondary N) is 1. The molecule has 98 valence electrons. The number of likely N-dealkylation sites (N-methyl/N-ethyl adjacent to an activating group) is 1. The number of hydrogen-bond acceptors (Lipinski definition) is 5. The van der Waals surface area contributed by atoms with E-state index in [1.807, 2.05) is 0 Å². The molecule has 1 aliphatic heterocycles. The van der Waals surface area contributed by atoms with E-state index in [4.69, 9.17) is 10.5 Å². The lowest BCUT2D eigenvalue weighted by atomic mass is 10.2. The van der Waals surface area contributed by atoms with Gasteiger partial charge in [0.1, 0.15) is 5.82 Å². The van der Waals surface area contributed by atoms with E-state index in [9.17, 15) is 4.79 Å². The normalized spacial score (nSPS) is 20.6. The van der Waals surface area contributed by atoms with Gasteiger partial charge in [-0.1, -0.05) is 0 Å². The molecule has 0 spiro atoms. The highest BCUT2D eigenvalue weighted by Crippen LogP contribution is 2.07. The van der Waals surface area contributed by atoms with Gasteiger partial charge in [0.15, 0.2) is 0 Å². The van der Waals surface area contributed by atoms with Crippen molar-refractivity contribution in [3.8, 4) is 0 Å². The van der Waals surface area contributed by atoms with Crippen molar-refractivity contribution in [3.05, 3.63) is 23.9 Å². The Labute approximate surface area is 106 Å². The van der Waals surface area contributed by atoms with Crippen LogP contribution in [0, 0.1) is 0 Å². The first-order valence-electron chi connectivity index (χ1n) is 5.95. The summed E-state index contributed by atoms with van der Waals surface area (Å²) in [5.41, 5.74) is 5.56. The summed E-state index contributed by atoms with van der Waals surface area (Å²) < 4.78 is 5.63. The summed E-state index contributed by atoms with van der Waals surface area (Å²) in [6.07, 6.45) is 1.64. The molecule has 1 amide bonds. The van der Waals surface area contributed by atoms with E-state index in [0.717, 1.165) is 25.5 Å². The number of aromatic nitrogens is 1. The number of amides is 1. The average molecular weight is 250 g/mol. The van der Waals surface area contributed by atoms with Crippen LogP contribution in [0.25, 0.3) is 0 Å². The molecule has 6 nitrogen and oxygen atoms in total. The maximum absolute atomic E-state index is 10.9. The standard InChI is InChI=1S/C12H18N4O2/c1-16-4-5-18-10(8-16)7-15-11-3-2-9(6-14-11)12(13)17/h2-3,6,10H,4-5,7-8H2,1H3,(H2,13,17)(H,14,15)/t10-/m1/s1. The lowest BCUT2D eigenvalue weighted by Gasteiger charge is -2.30. The number of anilines is 1. The minimum Gasteiger partial charge on any atom is -0.374 e. The molecule has 1 aromatic rings. The predicted molar refractivity (Wildman–Crippen MR) is 68.5 cm³/mol. The van der Waals surface area contributed by atoms with Crippen LogP contribution in [-0.4, -0.2) is 55.2 Å². The quantitative estimate of drug-likeness (QED) is 0.781. The van der Waals surface area contributed by atoms with E-state index >= 15 is 0 Å². The number of rotatable bonds is 4. The van der Waals surface area contributed by atoms with Crippen molar-refractivity contribution < 1.29 is 9.53 Å². The van der Waals surface area contributed by atoms with E-state index < -0.39 is 5.91 Å². The van der Waals surface area contributed by atoms with Crippen LogP contribution < -0.4 is 11.1 Å².